The Balaban J connectivity index is 1.68. The monoisotopic (exact) mass is 460 g/mol. The van der Waals surface area contributed by atoms with E-state index < -0.39 is 14.0 Å². The predicted molar refractivity (Wildman–Crippen MR) is 122 cm³/mol. The van der Waals surface area contributed by atoms with Gasteiger partial charge in [0.2, 0.25) is 0 Å². The number of carbonyl (C=O) groups is 1. The van der Waals surface area contributed by atoms with Gasteiger partial charge in [-0.1, -0.05) is 31.2 Å². The highest BCUT2D eigenvalue weighted by molar-refractivity contribution is 7.22. The lowest BCUT2D eigenvalue weighted by atomic mass is 10.3. The van der Waals surface area contributed by atoms with Crippen molar-refractivity contribution in [3.05, 3.63) is 41.3 Å². The van der Waals surface area contributed by atoms with Crippen LogP contribution in [-0.2, 0) is 11.5 Å². The maximum atomic E-state index is 11.8. The van der Waals surface area contributed by atoms with E-state index in [0.717, 1.165) is 21.1 Å². The second-order valence-electron chi connectivity index (χ2n) is 8.21. The number of pyridine rings is 1. The molecule has 0 unspecified atom stereocenters. The standard InChI is InChI=1S/C20H21ClN4O3SSi/c1-30(2,3)7-6-28-11-25-10-12(20(26)27)17-19(25)23-9-15(24-17)16-8-14-18(29-16)13(21)4-5-22-14/h4-5,8-10H,6-7,11H2,1-3H3,(H,26,27). The minimum Gasteiger partial charge on any atom is -0.478 e. The zero-order valence-corrected chi connectivity index (χ0v) is 19.4. The van der Waals surface area contributed by atoms with E-state index >= 15 is 0 Å². The summed E-state index contributed by atoms with van der Waals surface area (Å²) in [4.78, 5) is 26.0. The number of hydrogen-bond donors (Lipinski definition) is 1. The Hall–Kier alpha value is -2.33. The van der Waals surface area contributed by atoms with Gasteiger partial charge in [-0.3, -0.25) is 4.98 Å². The molecule has 0 aromatic carbocycles. The SMILES string of the molecule is C[Si](C)(C)CCOCn1cc(C(=O)O)c2nc(-c3cc4nccc(Cl)c4s3)cnc21. The van der Waals surface area contributed by atoms with E-state index in [1.54, 1.807) is 23.0 Å². The summed E-state index contributed by atoms with van der Waals surface area (Å²) < 4.78 is 8.34. The number of carboxylic acids is 1. The minimum absolute atomic E-state index is 0.102. The van der Waals surface area contributed by atoms with E-state index in [9.17, 15) is 9.90 Å². The van der Waals surface area contributed by atoms with Crippen LogP contribution in [0, 0.1) is 0 Å². The third-order valence-electron chi connectivity index (χ3n) is 4.64. The summed E-state index contributed by atoms with van der Waals surface area (Å²) in [5.41, 5.74) is 2.29. The summed E-state index contributed by atoms with van der Waals surface area (Å²) in [6.07, 6.45) is 4.83. The molecule has 30 heavy (non-hydrogen) atoms. The second-order valence-corrected chi connectivity index (χ2v) is 15.3. The summed E-state index contributed by atoms with van der Waals surface area (Å²) >= 11 is 7.71. The smallest absolute Gasteiger partial charge is 0.339 e. The Labute approximate surface area is 183 Å². The van der Waals surface area contributed by atoms with Crippen LogP contribution in [0.3, 0.4) is 0 Å². The summed E-state index contributed by atoms with van der Waals surface area (Å²) in [5, 5.41) is 10.3. The maximum Gasteiger partial charge on any atom is 0.339 e. The molecule has 0 radical (unpaired) electrons. The van der Waals surface area contributed by atoms with Gasteiger partial charge >= 0.3 is 5.97 Å². The van der Waals surface area contributed by atoms with Crippen molar-refractivity contribution in [3.8, 4) is 10.6 Å². The number of rotatable bonds is 7. The molecule has 0 saturated heterocycles. The van der Waals surface area contributed by atoms with Crippen LogP contribution in [0.5, 0.6) is 0 Å². The summed E-state index contributed by atoms with van der Waals surface area (Å²) in [5.74, 6) is -1.05. The highest BCUT2D eigenvalue weighted by Crippen LogP contribution is 2.36. The summed E-state index contributed by atoms with van der Waals surface area (Å²) in [6, 6.07) is 4.67. The Bertz CT molecular complexity index is 1250. The Morgan fingerprint density at radius 2 is 2.13 bits per heavy atom. The lowest BCUT2D eigenvalue weighted by Crippen LogP contribution is -2.22. The van der Waals surface area contributed by atoms with Gasteiger partial charge in [-0.2, -0.15) is 0 Å². The number of fused-ring (bicyclic) bond motifs is 2. The van der Waals surface area contributed by atoms with Crippen molar-refractivity contribution in [1.82, 2.24) is 19.5 Å². The molecule has 0 atom stereocenters. The highest BCUT2D eigenvalue weighted by Gasteiger charge is 2.19. The molecule has 0 saturated carbocycles. The average molecular weight is 461 g/mol. The second kappa shape index (κ2) is 8.07. The summed E-state index contributed by atoms with van der Waals surface area (Å²) in [6.45, 7) is 7.73. The number of nitrogens with zero attached hydrogens (tertiary/aromatic N) is 4. The number of hydrogen-bond acceptors (Lipinski definition) is 6. The van der Waals surface area contributed by atoms with Gasteiger partial charge in [-0.05, 0) is 18.2 Å². The van der Waals surface area contributed by atoms with Crippen LogP contribution < -0.4 is 0 Å². The third-order valence-corrected chi connectivity index (χ3v) is 7.95. The number of carboxylic acid groups (broad SMARTS) is 1. The molecule has 156 valence electrons. The first-order valence-corrected chi connectivity index (χ1v) is 14.3. The third kappa shape index (κ3) is 4.24. The molecule has 7 nitrogen and oxygen atoms in total. The molecule has 4 heterocycles. The molecule has 4 rings (SSSR count). The highest BCUT2D eigenvalue weighted by atomic mass is 35.5. The van der Waals surface area contributed by atoms with Crippen molar-refractivity contribution < 1.29 is 14.6 Å². The van der Waals surface area contributed by atoms with Crippen LogP contribution in [0.15, 0.2) is 30.7 Å². The molecule has 10 heteroatoms. The van der Waals surface area contributed by atoms with Gasteiger partial charge in [0.1, 0.15) is 17.8 Å². The van der Waals surface area contributed by atoms with Crippen LogP contribution in [0.1, 0.15) is 10.4 Å². The molecule has 0 aliphatic carbocycles. The van der Waals surface area contributed by atoms with Crippen molar-refractivity contribution in [1.29, 1.82) is 0 Å². The van der Waals surface area contributed by atoms with Crippen molar-refractivity contribution in [3.63, 3.8) is 0 Å². The molecular formula is C20H21ClN4O3SSi. The fraction of sp³-hybridized carbons (Fsp3) is 0.300. The molecule has 0 aliphatic rings. The molecule has 4 aromatic rings. The van der Waals surface area contributed by atoms with Crippen LogP contribution in [-0.4, -0.2) is 45.3 Å². The van der Waals surface area contributed by atoms with Gasteiger partial charge in [-0.15, -0.1) is 11.3 Å². The van der Waals surface area contributed by atoms with Gasteiger partial charge in [0.05, 0.1) is 32.0 Å². The molecule has 4 aromatic heterocycles. The fourth-order valence-corrected chi connectivity index (χ4v) is 5.00. The lowest BCUT2D eigenvalue weighted by Gasteiger charge is -2.15. The Morgan fingerprint density at radius 3 is 2.83 bits per heavy atom. The van der Waals surface area contributed by atoms with Gasteiger partial charge in [0, 0.05) is 27.1 Å². The molecular weight excluding hydrogens is 440 g/mol. The van der Waals surface area contributed by atoms with Crippen molar-refractivity contribution in [2.45, 2.75) is 32.4 Å². The van der Waals surface area contributed by atoms with E-state index in [-0.39, 0.29) is 12.3 Å². The van der Waals surface area contributed by atoms with Gasteiger partial charge in [-0.25, -0.2) is 14.8 Å². The average Bonchev–Trinajstić information content (AvgIpc) is 3.27. The lowest BCUT2D eigenvalue weighted by molar-refractivity contribution is 0.0696. The number of halogens is 1. The molecule has 0 amide bonds. The zero-order valence-electron chi connectivity index (χ0n) is 16.8. The topological polar surface area (TPSA) is 90.1 Å². The van der Waals surface area contributed by atoms with Crippen LogP contribution >= 0.6 is 22.9 Å². The fourth-order valence-electron chi connectivity index (χ4n) is 3.00. The van der Waals surface area contributed by atoms with Crippen LogP contribution in [0.2, 0.25) is 30.7 Å². The largest absolute Gasteiger partial charge is 0.478 e. The van der Waals surface area contributed by atoms with E-state index in [1.807, 2.05) is 6.07 Å². The predicted octanol–water partition coefficient (Wildman–Crippen LogP) is 5.37. The minimum atomic E-state index is -1.19. The quantitative estimate of drug-likeness (QED) is 0.294. The molecule has 0 aliphatic heterocycles. The first-order valence-electron chi connectivity index (χ1n) is 9.44. The van der Waals surface area contributed by atoms with Gasteiger partial charge in [0.15, 0.2) is 5.65 Å². The van der Waals surface area contributed by atoms with Crippen LogP contribution in [0.25, 0.3) is 32.0 Å². The van der Waals surface area contributed by atoms with Crippen LogP contribution in [0.4, 0.5) is 0 Å². The number of aromatic nitrogens is 4. The van der Waals surface area contributed by atoms with E-state index in [4.69, 9.17) is 16.3 Å². The number of ether oxygens (including phenoxy) is 1. The van der Waals surface area contributed by atoms with E-state index in [1.165, 1.54) is 17.5 Å². The van der Waals surface area contributed by atoms with E-state index in [0.29, 0.717) is 28.5 Å². The summed E-state index contributed by atoms with van der Waals surface area (Å²) in [7, 11) is -1.19. The zero-order chi connectivity index (χ0) is 21.5. The number of thiophene rings is 1. The Kier molecular flexibility index (Phi) is 5.63. The molecule has 0 fully saturated rings. The van der Waals surface area contributed by atoms with Crippen molar-refractivity contribution in [2.24, 2.45) is 0 Å². The first-order chi connectivity index (χ1) is 14.2. The Morgan fingerprint density at radius 1 is 1.33 bits per heavy atom. The molecule has 0 spiro atoms. The van der Waals surface area contributed by atoms with Crippen molar-refractivity contribution >= 4 is 58.4 Å². The molecule has 1 N–H and O–H groups in total. The van der Waals surface area contributed by atoms with Gasteiger partial charge in [0.25, 0.3) is 0 Å². The maximum absolute atomic E-state index is 11.8. The van der Waals surface area contributed by atoms with Gasteiger partial charge < -0.3 is 14.4 Å². The molecule has 0 bridgehead atoms. The van der Waals surface area contributed by atoms with E-state index in [2.05, 4.69) is 34.6 Å². The first kappa shape index (κ1) is 20.9. The van der Waals surface area contributed by atoms with Crippen molar-refractivity contribution in [2.75, 3.05) is 6.61 Å². The normalized spacial score (nSPS) is 12.1. The number of aromatic carboxylic acids is 1.